The van der Waals surface area contributed by atoms with Crippen LogP contribution >= 0.6 is 0 Å². The smallest absolute Gasteiger partial charge is 0.300 e. The highest BCUT2D eigenvalue weighted by atomic mass is 16.5. The normalized spacial score (nSPS) is 16.7. The number of Topliss-reactive ketones (excluding diaryl/α,β-unsaturated/α-hetero) is 1. The zero-order chi connectivity index (χ0) is 29.4. The second kappa shape index (κ2) is 10.9. The Labute approximate surface area is 234 Å². The molecular weight excluding hydrogens is 506 g/mol. The first-order valence-electron chi connectivity index (χ1n) is 13.0. The average Bonchev–Trinajstić information content (AvgIpc) is 3.17. The van der Waals surface area contributed by atoms with E-state index in [0.717, 1.165) is 11.3 Å². The first kappa shape index (κ1) is 28.4. The molecule has 0 spiro atoms. The second-order valence-electron chi connectivity index (χ2n) is 11.1. The van der Waals surface area contributed by atoms with Gasteiger partial charge in [-0.3, -0.25) is 19.3 Å². The third-order valence-electron chi connectivity index (χ3n) is 6.90. The fourth-order valence-electron chi connectivity index (χ4n) is 4.90. The summed E-state index contributed by atoms with van der Waals surface area (Å²) in [5, 5.41) is 14.4. The van der Waals surface area contributed by atoms with Gasteiger partial charge in [0.2, 0.25) is 5.91 Å². The molecule has 2 amide bonds. The molecule has 0 aromatic heterocycles. The Balaban J connectivity index is 1.94. The van der Waals surface area contributed by atoms with Gasteiger partial charge in [-0.05, 0) is 59.5 Å². The highest BCUT2D eigenvalue weighted by Crippen LogP contribution is 2.44. The van der Waals surface area contributed by atoms with Gasteiger partial charge in [0.1, 0.15) is 11.5 Å². The van der Waals surface area contributed by atoms with E-state index in [1.54, 1.807) is 49.6 Å². The number of ketones is 1. The molecule has 0 saturated carbocycles. The number of nitrogens with one attached hydrogen (secondary N) is 1. The maximum atomic E-state index is 13.6. The Bertz CT molecular complexity index is 1500. The van der Waals surface area contributed by atoms with Crippen molar-refractivity contribution in [3.63, 3.8) is 0 Å². The molecule has 1 saturated heterocycles. The van der Waals surface area contributed by atoms with E-state index in [-0.39, 0.29) is 22.7 Å². The Morgan fingerprint density at radius 3 is 2.25 bits per heavy atom. The fourth-order valence-corrected chi connectivity index (χ4v) is 4.90. The second-order valence-corrected chi connectivity index (χ2v) is 11.1. The molecule has 40 heavy (non-hydrogen) atoms. The van der Waals surface area contributed by atoms with E-state index in [1.807, 2.05) is 64.0 Å². The van der Waals surface area contributed by atoms with Gasteiger partial charge in [0.05, 0.1) is 18.7 Å². The van der Waals surface area contributed by atoms with Crippen LogP contribution in [0.1, 0.15) is 50.4 Å². The van der Waals surface area contributed by atoms with Crippen molar-refractivity contribution >= 4 is 40.4 Å². The van der Waals surface area contributed by atoms with Crippen molar-refractivity contribution in [1.82, 2.24) is 0 Å². The van der Waals surface area contributed by atoms with Crippen molar-refractivity contribution in [3.05, 3.63) is 89.0 Å². The number of nitrogens with zero attached hydrogens (tertiary/aromatic N) is 2. The summed E-state index contributed by atoms with van der Waals surface area (Å²) in [6, 6.07) is 18.6. The van der Waals surface area contributed by atoms with Crippen molar-refractivity contribution in [2.24, 2.45) is 0 Å². The summed E-state index contributed by atoms with van der Waals surface area (Å²) in [7, 11) is 5.43. The first-order valence-corrected chi connectivity index (χ1v) is 13.0. The van der Waals surface area contributed by atoms with Gasteiger partial charge >= 0.3 is 0 Å². The van der Waals surface area contributed by atoms with Gasteiger partial charge in [-0.2, -0.15) is 0 Å². The Morgan fingerprint density at radius 1 is 1.00 bits per heavy atom. The van der Waals surface area contributed by atoms with Crippen molar-refractivity contribution < 1.29 is 24.2 Å². The summed E-state index contributed by atoms with van der Waals surface area (Å²) < 4.78 is 5.54. The summed E-state index contributed by atoms with van der Waals surface area (Å²) in [4.78, 5) is 42.2. The van der Waals surface area contributed by atoms with Crippen LogP contribution in [0, 0.1) is 0 Å². The zero-order valence-corrected chi connectivity index (χ0v) is 23.9. The lowest BCUT2D eigenvalue weighted by atomic mass is 9.84. The Hall–Kier alpha value is -4.59. The number of anilines is 3. The number of amides is 2. The maximum Gasteiger partial charge on any atom is 0.300 e. The molecule has 208 valence electrons. The number of hydrogen-bond acceptors (Lipinski definition) is 6. The number of rotatable bonds is 6. The van der Waals surface area contributed by atoms with E-state index < -0.39 is 17.7 Å². The zero-order valence-electron chi connectivity index (χ0n) is 23.9. The van der Waals surface area contributed by atoms with Crippen LogP contribution < -0.4 is 19.9 Å². The molecular formula is C32H35N3O5. The van der Waals surface area contributed by atoms with Crippen molar-refractivity contribution in [1.29, 1.82) is 0 Å². The molecule has 2 N–H and O–H groups in total. The SMILES string of the molecule is COc1ccc(/C(O)=C2/C(=O)C(=O)N(c3cccc(NC(C)=O)c3)C2c2ccc(N(C)C)cc2)cc1C(C)(C)C. The minimum Gasteiger partial charge on any atom is -0.507 e. The van der Waals surface area contributed by atoms with Crippen LogP contribution in [-0.4, -0.2) is 43.9 Å². The summed E-state index contributed by atoms with van der Waals surface area (Å²) in [5.74, 6) is -1.43. The van der Waals surface area contributed by atoms with Crippen molar-refractivity contribution in [2.45, 2.75) is 39.2 Å². The average molecular weight is 542 g/mol. The largest absolute Gasteiger partial charge is 0.507 e. The lowest BCUT2D eigenvalue weighted by Crippen LogP contribution is -2.29. The predicted molar refractivity (Wildman–Crippen MR) is 158 cm³/mol. The Morgan fingerprint density at radius 2 is 1.68 bits per heavy atom. The molecule has 1 atom stereocenters. The van der Waals surface area contributed by atoms with E-state index in [1.165, 1.54) is 11.8 Å². The summed E-state index contributed by atoms with van der Waals surface area (Å²) in [6.45, 7) is 7.48. The van der Waals surface area contributed by atoms with E-state index in [0.29, 0.717) is 28.3 Å². The number of benzene rings is 3. The highest BCUT2D eigenvalue weighted by molar-refractivity contribution is 6.51. The standard InChI is InChI=1S/C32H35N3O5/c1-19(36)33-22-9-8-10-24(18-22)35-28(20-11-14-23(15-12-20)34(5)6)27(30(38)31(35)39)29(37)21-13-16-26(40-7)25(17-21)32(2,3)4/h8-18,28,37H,1-7H3,(H,33,36)/b29-27-. The molecule has 3 aromatic carbocycles. The molecule has 1 unspecified atom stereocenters. The quantitative estimate of drug-likeness (QED) is 0.238. The first-order chi connectivity index (χ1) is 18.8. The molecule has 0 bridgehead atoms. The van der Waals surface area contributed by atoms with Gasteiger partial charge in [-0.15, -0.1) is 0 Å². The molecule has 0 aliphatic carbocycles. The van der Waals surface area contributed by atoms with Gasteiger partial charge in [0, 0.05) is 49.2 Å². The molecule has 8 heteroatoms. The fraction of sp³-hybridized carbons (Fsp3) is 0.281. The van der Waals surface area contributed by atoms with Gasteiger partial charge in [0.15, 0.2) is 0 Å². The van der Waals surface area contributed by atoms with Gasteiger partial charge in [-0.1, -0.05) is 39.0 Å². The van der Waals surface area contributed by atoms with Crippen LogP contribution in [0.2, 0.25) is 0 Å². The van der Waals surface area contributed by atoms with Crippen LogP contribution in [0.25, 0.3) is 5.76 Å². The van der Waals surface area contributed by atoms with Crippen LogP contribution in [0.15, 0.2) is 72.3 Å². The number of aliphatic hydroxyl groups excluding tert-OH is 1. The monoisotopic (exact) mass is 541 g/mol. The maximum absolute atomic E-state index is 13.6. The molecule has 4 rings (SSSR count). The molecule has 1 fully saturated rings. The lowest BCUT2D eigenvalue weighted by Gasteiger charge is -2.27. The van der Waals surface area contributed by atoms with Gasteiger partial charge in [-0.25, -0.2) is 0 Å². The summed E-state index contributed by atoms with van der Waals surface area (Å²) in [5.41, 5.74) is 3.43. The lowest BCUT2D eigenvalue weighted by molar-refractivity contribution is -0.132. The van der Waals surface area contributed by atoms with E-state index in [2.05, 4.69) is 5.32 Å². The highest BCUT2D eigenvalue weighted by Gasteiger charge is 2.47. The van der Waals surface area contributed by atoms with E-state index >= 15 is 0 Å². The minimum atomic E-state index is -0.899. The molecule has 1 aliphatic rings. The molecule has 3 aromatic rings. The number of carbonyl (C=O) groups is 3. The number of carbonyl (C=O) groups excluding carboxylic acids is 3. The van der Waals surface area contributed by atoms with Crippen LogP contribution in [-0.2, 0) is 19.8 Å². The topological polar surface area (TPSA) is 99.2 Å². The van der Waals surface area contributed by atoms with Gasteiger partial charge < -0.3 is 20.1 Å². The van der Waals surface area contributed by atoms with E-state index in [9.17, 15) is 19.5 Å². The number of methoxy groups -OCH3 is 1. The number of hydrogen-bond donors (Lipinski definition) is 2. The summed E-state index contributed by atoms with van der Waals surface area (Å²) >= 11 is 0. The Kier molecular flexibility index (Phi) is 7.73. The van der Waals surface area contributed by atoms with Crippen LogP contribution in [0.4, 0.5) is 17.1 Å². The molecule has 0 radical (unpaired) electrons. The van der Waals surface area contributed by atoms with E-state index in [4.69, 9.17) is 4.74 Å². The molecule has 1 aliphatic heterocycles. The molecule has 8 nitrogen and oxygen atoms in total. The van der Waals surface area contributed by atoms with Crippen molar-refractivity contribution in [2.75, 3.05) is 36.3 Å². The third kappa shape index (κ3) is 5.43. The predicted octanol–water partition coefficient (Wildman–Crippen LogP) is 5.64. The molecule has 1 heterocycles. The van der Waals surface area contributed by atoms with Crippen molar-refractivity contribution in [3.8, 4) is 5.75 Å². The van der Waals surface area contributed by atoms with Crippen LogP contribution in [0.3, 0.4) is 0 Å². The minimum absolute atomic E-state index is 0.0161. The number of ether oxygens (including phenoxy) is 1. The van der Waals surface area contributed by atoms with Gasteiger partial charge in [0.25, 0.3) is 11.7 Å². The number of aliphatic hydroxyl groups is 1. The third-order valence-corrected chi connectivity index (χ3v) is 6.90. The van der Waals surface area contributed by atoms with Crippen LogP contribution in [0.5, 0.6) is 5.75 Å². The summed E-state index contributed by atoms with van der Waals surface area (Å²) in [6.07, 6.45) is 0.